The fourth-order valence-electron chi connectivity index (χ4n) is 4.57. The molecule has 26 heavy (non-hydrogen) atoms. The van der Waals surface area contributed by atoms with E-state index in [9.17, 15) is 4.79 Å². The summed E-state index contributed by atoms with van der Waals surface area (Å²) in [6.07, 6.45) is 7.40. The number of rotatable bonds is 3. The number of hydrogen-bond acceptors (Lipinski definition) is 4. The van der Waals surface area contributed by atoms with Gasteiger partial charge in [-0.15, -0.1) is 0 Å². The third kappa shape index (κ3) is 2.38. The molecule has 134 valence electrons. The summed E-state index contributed by atoms with van der Waals surface area (Å²) in [6, 6.07) is 8.58. The van der Waals surface area contributed by atoms with Gasteiger partial charge >= 0.3 is 0 Å². The summed E-state index contributed by atoms with van der Waals surface area (Å²) < 4.78 is 5.27. The molecule has 2 aliphatic heterocycles. The molecule has 2 fully saturated rings. The maximum atomic E-state index is 13.2. The van der Waals surface area contributed by atoms with Crippen molar-refractivity contribution in [1.82, 2.24) is 24.9 Å². The highest BCUT2D eigenvalue weighted by atomic mass is 16.5. The highest BCUT2D eigenvalue weighted by molar-refractivity contribution is 5.98. The van der Waals surface area contributed by atoms with Gasteiger partial charge < -0.3 is 14.6 Å². The average molecular weight is 351 g/mol. The third-order valence-corrected chi connectivity index (χ3v) is 5.77. The lowest BCUT2D eigenvalue weighted by Crippen LogP contribution is -2.47. The van der Waals surface area contributed by atoms with Gasteiger partial charge in [0, 0.05) is 29.1 Å². The van der Waals surface area contributed by atoms with Crippen molar-refractivity contribution in [3.05, 3.63) is 42.4 Å². The first kappa shape index (κ1) is 15.4. The van der Waals surface area contributed by atoms with E-state index in [1.54, 1.807) is 19.5 Å². The van der Waals surface area contributed by atoms with Gasteiger partial charge in [-0.2, -0.15) is 15.0 Å². The van der Waals surface area contributed by atoms with E-state index < -0.39 is 0 Å². The molecule has 2 bridgehead atoms. The predicted molar refractivity (Wildman–Crippen MR) is 96.1 cm³/mol. The predicted octanol–water partition coefficient (Wildman–Crippen LogP) is 2.78. The van der Waals surface area contributed by atoms with Crippen LogP contribution in [0.25, 0.3) is 10.9 Å². The quantitative estimate of drug-likeness (QED) is 0.787. The first-order chi connectivity index (χ1) is 12.7. The van der Waals surface area contributed by atoms with Gasteiger partial charge in [-0.1, -0.05) is 0 Å². The van der Waals surface area contributed by atoms with Gasteiger partial charge in [-0.25, -0.2) is 0 Å². The summed E-state index contributed by atoms with van der Waals surface area (Å²) in [7, 11) is 1.65. The molecule has 4 heterocycles. The minimum atomic E-state index is 0.0968. The lowest BCUT2D eigenvalue weighted by Gasteiger charge is -2.38. The molecule has 0 saturated carbocycles. The highest BCUT2D eigenvalue weighted by Crippen LogP contribution is 2.41. The number of fused-ring (bicyclic) bond motifs is 3. The second kappa shape index (κ2) is 5.86. The molecule has 3 aromatic rings. The van der Waals surface area contributed by atoms with Crippen LogP contribution in [0.15, 0.2) is 36.7 Å². The van der Waals surface area contributed by atoms with Crippen molar-refractivity contribution in [2.45, 2.75) is 43.8 Å². The molecule has 7 heteroatoms. The summed E-state index contributed by atoms with van der Waals surface area (Å²) in [5.74, 6) is 0.880. The molecule has 0 radical (unpaired) electrons. The zero-order valence-electron chi connectivity index (χ0n) is 14.6. The Bertz CT molecular complexity index is 934. The van der Waals surface area contributed by atoms with Crippen molar-refractivity contribution in [1.29, 1.82) is 0 Å². The first-order valence-electron chi connectivity index (χ1n) is 9.08. The number of nitrogens with one attached hydrogen (secondary N) is 1. The first-order valence-corrected chi connectivity index (χ1v) is 9.08. The van der Waals surface area contributed by atoms with Gasteiger partial charge in [0.1, 0.15) is 11.4 Å². The van der Waals surface area contributed by atoms with Gasteiger partial charge in [-0.05, 0) is 43.9 Å². The molecule has 2 unspecified atom stereocenters. The van der Waals surface area contributed by atoms with Crippen molar-refractivity contribution in [3.63, 3.8) is 0 Å². The largest absolute Gasteiger partial charge is 0.497 e. The molecule has 1 aromatic carbocycles. The third-order valence-electron chi connectivity index (χ3n) is 5.77. The fraction of sp³-hybridized carbons (Fsp3) is 0.421. The van der Waals surface area contributed by atoms with E-state index in [1.807, 2.05) is 29.1 Å². The van der Waals surface area contributed by atoms with Crippen LogP contribution in [0.5, 0.6) is 5.75 Å². The molecule has 2 aliphatic rings. The van der Waals surface area contributed by atoms with Gasteiger partial charge in [0.2, 0.25) is 0 Å². The van der Waals surface area contributed by atoms with Crippen LogP contribution in [0.4, 0.5) is 0 Å². The summed E-state index contributed by atoms with van der Waals surface area (Å²) in [5, 5.41) is 9.61. The normalized spacial score (nSPS) is 25.0. The second-order valence-corrected chi connectivity index (χ2v) is 7.21. The maximum absolute atomic E-state index is 13.2. The van der Waals surface area contributed by atoms with Crippen LogP contribution in [0.1, 0.15) is 42.2 Å². The van der Waals surface area contributed by atoms with E-state index in [2.05, 4.69) is 20.1 Å². The molecule has 2 atom stereocenters. The molecule has 5 rings (SSSR count). The molecule has 2 saturated heterocycles. The Morgan fingerprint density at radius 2 is 1.85 bits per heavy atom. The van der Waals surface area contributed by atoms with Crippen LogP contribution in [0.3, 0.4) is 0 Å². The van der Waals surface area contributed by atoms with Crippen LogP contribution < -0.4 is 4.74 Å². The Kier molecular flexibility index (Phi) is 3.48. The number of aromatic nitrogens is 4. The van der Waals surface area contributed by atoms with E-state index in [4.69, 9.17) is 4.74 Å². The summed E-state index contributed by atoms with van der Waals surface area (Å²) in [6.45, 7) is 0. The van der Waals surface area contributed by atoms with E-state index >= 15 is 0 Å². The zero-order chi connectivity index (χ0) is 17.7. The molecule has 0 spiro atoms. The topological polar surface area (TPSA) is 76.0 Å². The Balaban J connectivity index is 1.41. The Morgan fingerprint density at radius 1 is 1.12 bits per heavy atom. The zero-order valence-corrected chi connectivity index (χ0v) is 14.6. The van der Waals surface area contributed by atoms with Crippen LogP contribution in [0.2, 0.25) is 0 Å². The number of hydrogen-bond donors (Lipinski definition) is 1. The molecule has 1 amide bonds. The highest BCUT2D eigenvalue weighted by Gasteiger charge is 2.44. The van der Waals surface area contributed by atoms with Crippen molar-refractivity contribution >= 4 is 16.8 Å². The average Bonchev–Trinajstić information content (AvgIpc) is 3.38. The molecule has 7 nitrogen and oxygen atoms in total. The number of piperidine rings is 1. The standard InChI is InChI=1S/C19H21N5O2/c1-26-16-5-2-12-8-18(22-17(12)11-16)19(25)23-13-3-4-14(23)10-15(9-13)24-20-6-7-21-24/h2,5-8,11,13-15,22H,3-4,9-10H2,1H3. The number of H-pyrrole nitrogens is 1. The number of benzene rings is 1. The minimum Gasteiger partial charge on any atom is -0.497 e. The van der Waals surface area contributed by atoms with E-state index in [0.717, 1.165) is 42.3 Å². The van der Waals surface area contributed by atoms with Crippen molar-refractivity contribution in [3.8, 4) is 5.75 Å². The van der Waals surface area contributed by atoms with Crippen LogP contribution >= 0.6 is 0 Å². The Hall–Kier alpha value is -2.83. The maximum Gasteiger partial charge on any atom is 0.270 e. The molecular formula is C19H21N5O2. The fourth-order valence-corrected chi connectivity index (χ4v) is 4.57. The van der Waals surface area contributed by atoms with Crippen LogP contribution in [-0.2, 0) is 0 Å². The number of amides is 1. The number of nitrogens with zero attached hydrogens (tertiary/aromatic N) is 4. The van der Waals surface area contributed by atoms with Gasteiger partial charge in [0.05, 0.1) is 25.5 Å². The number of carbonyl (C=O) groups is 1. The van der Waals surface area contributed by atoms with Gasteiger partial charge in [0.25, 0.3) is 5.91 Å². The Morgan fingerprint density at radius 3 is 2.54 bits per heavy atom. The number of methoxy groups -OCH3 is 1. The summed E-state index contributed by atoms with van der Waals surface area (Å²) in [5.41, 5.74) is 1.58. The smallest absolute Gasteiger partial charge is 0.270 e. The molecular weight excluding hydrogens is 330 g/mol. The van der Waals surface area contributed by atoms with E-state index in [1.165, 1.54) is 0 Å². The van der Waals surface area contributed by atoms with Crippen molar-refractivity contribution in [2.75, 3.05) is 7.11 Å². The van der Waals surface area contributed by atoms with Crippen LogP contribution in [0, 0.1) is 0 Å². The van der Waals surface area contributed by atoms with Gasteiger partial charge in [-0.3, -0.25) is 4.79 Å². The van der Waals surface area contributed by atoms with Crippen LogP contribution in [-0.4, -0.2) is 50.0 Å². The summed E-state index contributed by atoms with van der Waals surface area (Å²) >= 11 is 0. The molecule has 0 aliphatic carbocycles. The number of ether oxygens (including phenoxy) is 1. The van der Waals surface area contributed by atoms with Crippen molar-refractivity contribution < 1.29 is 9.53 Å². The van der Waals surface area contributed by atoms with E-state index in [0.29, 0.717) is 11.7 Å². The SMILES string of the molecule is COc1ccc2cc(C(=O)N3C4CCC3CC(n3nccn3)C4)[nH]c2c1. The summed E-state index contributed by atoms with van der Waals surface area (Å²) in [4.78, 5) is 20.4. The Labute approximate surface area is 150 Å². The lowest BCUT2D eigenvalue weighted by molar-refractivity contribution is 0.0507. The lowest BCUT2D eigenvalue weighted by atomic mass is 9.97. The van der Waals surface area contributed by atoms with Gasteiger partial charge in [0.15, 0.2) is 0 Å². The molecule has 2 aromatic heterocycles. The minimum absolute atomic E-state index is 0.0968. The monoisotopic (exact) mass is 351 g/mol. The molecule has 1 N–H and O–H groups in total. The number of carbonyl (C=O) groups excluding carboxylic acids is 1. The second-order valence-electron chi connectivity index (χ2n) is 7.21. The van der Waals surface area contributed by atoms with Crippen molar-refractivity contribution in [2.24, 2.45) is 0 Å². The van der Waals surface area contributed by atoms with E-state index in [-0.39, 0.29) is 18.0 Å². The number of aromatic amines is 1.